The molecule has 1 heterocycles. The number of aliphatic carboxylic acids is 2. The van der Waals surface area contributed by atoms with Crippen LogP contribution in [-0.4, -0.2) is 76.1 Å². The minimum absolute atomic E-state index is 0.699. The lowest BCUT2D eigenvalue weighted by Crippen LogP contribution is -2.57. The number of barbiturate groups is 1. The summed E-state index contributed by atoms with van der Waals surface area (Å²) in [6.07, 6.45) is -0.0165. The highest BCUT2D eigenvalue weighted by atomic mass is 16.4. The fourth-order valence-corrected chi connectivity index (χ4v) is 1.62. The average molecular weight is 299 g/mol. The van der Waals surface area contributed by atoms with Gasteiger partial charge in [0.2, 0.25) is 11.8 Å². The van der Waals surface area contributed by atoms with Gasteiger partial charge in [-0.25, -0.2) is 9.59 Å². The van der Waals surface area contributed by atoms with E-state index in [4.69, 9.17) is 10.2 Å². The summed E-state index contributed by atoms with van der Waals surface area (Å²) in [5, 5.41) is 17.4. The molecule has 0 spiro atoms. The van der Waals surface area contributed by atoms with Crippen LogP contribution in [0.5, 0.6) is 0 Å². The zero-order chi connectivity index (χ0) is 16.3. The summed E-state index contributed by atoms with van der Waals surface area (Å²) >= 11 is 0. The molecule has 0 aromatic heterocycles. The molecule has 1 saturated heterocycles. The molecular formula is C11H13N3O7. The Kier molecular flexibility index (Phi) is 4.74. The third-order valence-corrected chi connectivity index (χ3v) is 2.84. The second-order valence-electron chi connectivity index (χ2n) is 4.30. The van der Waals surface area contributed by atoms with Crippen molar-refractivity contribution < 1.29 is 34.2 Å². The molecule has 1 atom stereocenters. The van der Waals surface area contributed by atoms with E-state index in [1.54, 1.807) is 0 Å². The number of hydrogen-bond donors (Lipinski definition) is 2. The van der Waals surface area contributed by atoms with Crippen molar-refractivity contribution in [2.24, 2.45) is 10.9 Å². The molecule has 1 aliphatic rings. The number of nitrogens with zero attached hydrogens (tertiary/aromatic N) is 3. The van der Waals surface area contributed by atoms with E-state index in [2.05, 4.69) is 4.99 Å². The summed E-state index contributed by atoms with van der Waals surface area (Å²) < 4.78 is 0. The maximum atomic E-state index is 11.8. The first-order chi connectivity index (χ1) is 9.66. The number of carbonyl (C=O) groups excluding carboxylic acids is 3. The smallest absolute Gasteiger partial charge is 0.332 e. The van der Waals surface area contributed by atoms with Crippen molar-refractivity contribution in [1.82, 2.24) is 9.80 Å². The number of rotatable bonds is 5. The predicted molar refractivity (Wildman–Crippen MR) is 66.6 cm³/mol. The molecule has 0 radical (unpaired) electrons. The molecule has 10 heteroatoms. The number of carboxylic acids is 2. The summed E-state index contributed by atoms with van der Waals surface area (Å²) in [4.78, 5) is 61.3. The highest BCUT2D eigenvalue weighted by molar-refractivity contribution is 6.23. The van der Waals surface area contributed by atoms with Gasteiger partial charge in [-0.15, -0.1) is 0 Å². The second kappa shape index (κ2) is 6.11. The largest absolute Gasteiger partial charge is 0.481 e. The van der Waals surface area contributed by atoms with Gasteiger partial charge in [0.1, 0.15) is 0 Å². The number of amides is 4. The van der Waals surface area contributed by atoms with Gasteiger partial charge in [0, 0.05) is 20.3 Å². The maximum absolute atomic E-state index is 11.8. The predicted octanol–water partition coefficient (Wildman–Crippen LogP) is -1.35. The first-order valence-electron chi connectivity index (χ1n) is 5.73. The molecule has 21 heavy (non-hydrogen) atoms. The van der Waals surface area contributed by atoms with E-state index in [1.807, 2.05) is 0 Å². The van der Waals surface area contributed by atoms with E-state index >= 15 is 0 Å². The van der Waals surface area contributed by atoms with E-state index < -0.39 is 48.2 Å². The van der Waals surface area contributed by atoms with E-state index in [-0.39, 0.29) is 0 Å². The van der Waals surface area contributed by atoms with Crippen LogP contribution in [0, 0.1) is 5.92 Å². The van der Waals surface area contributed by atoms with Gasteiger partial charge in [-0.2, -0.15) is 0 Å². The molecule has 0 aromatic carbocycles. The molecule has 4 amide bonds. The van der Waals surface area contributed by atoms with Crippen molar-refractivity contribution in [3.63, 3.8) is 0 Å². The Morgan fingerprint density at radius 3 is 2.05 bits per heavy atom. The number of aliphatic imine (C=N–C) groups is 1. The number of urea groups is 1. The highest BCUT2D eigenvalue weighted by Crippen LogP contribution is 2.14. The number of carboxylic acid groups (broad SMARTS) is 2. The lowest BCUT2D eigenvalue weighted by Gasteiger charge is -2.31. The minimum Gasteiger partial charge on any atom is -0.481 e. The first-order valence-corrected chi connectivity index (χ1v) is 5.73. The number of carbonyl (C=O) groups is 5. The first kappa shape index (κ1) is 16.3. The van der Waals surface area contributed by atoms with Gasteiger partial charge in [0.25, 0.3) is 0 Å². The van der Waals surface area contributed by atoms with Gasteiger partial charge in [-0.3, -0.25) is 29.2 Å². The Morgan fingerprint density at radius 2 is 1.67 bits per heavy atom. The Morgan fingerprint density at radius 1 is 1.19 bits per heavy atom. The molecular weight excluding hydrogens is 286 g/mol. The summed E-state index contributed by atoms with van der Waals surface area (Å²) in [7, 11) is 2.33. The summed E-state index contributed by atoms with van der Waals surface area (Å²) in [6, 6.07) is -2.42. The third-order valence-electron chi connectivity index (χ3n) is 2.84. The van der Waals surface area contributed by atoms with E-state index in [9.17, 15) is 24.0 Å². The van der Waals surface area contributed by atoms with Crippen LogP contribution in [0.15, 0.2) is 4.99 Å². The van der Waals surface area contributed by atoms with Crippen molar-refractivity contribution in [3.8, 4) is 0 Å². The van der Waals surface area contributed by atoms with Crippen LogP contribution in [0.2, 0.25) is 0 Å². The van der Waals surface area contributed by atoms with Crippen LogP contribution < -0.4 is 0 Å². The zero-order valence-corrected chi connectivity index (χ0v) is 11.2. The van der Waals surface area contributed by atoms with Crippen LogP contribution in [0.4, 0.5) is 4.79 Å². The van der Waals surface area contributed by atoms with Crippen LogP contribution in [0.1, 0.15) is 6.42 Å². The van der Waals surface area contributed by atoms with Gasteiger partial charge in [0.05, 0.1) is 6.42 Å². The van der Waals surface area contributed by atoms with Gasteiger partial charge in [-0.1, -0.05) is 0 Å². The van der Waals surface area contributed by atoms with Crippen LogP contribution in [0.3, 0.4) is 0 Å². The standard InChI is InChI=1S/C11H13N3O7/c1-13-8(17)5(9(18)14(2)11(13)21)4-12-6(10(19)20)3-7(15)16/h4-6H,3H2,1-2H3,(H,15,16)(H,19,20)/t6-/m0/s1. The number of hydrogen-bond acceptors (Lipinski definition) is 6. The Labute approximate surface area is 118 Å². The fraction of sp³-hybridized carbons (Fsp3) is 0.455. The normalized spacial score (nSPS) is 18.5. The van der Waals surface area contributed by atoms with Crippen LogP contribution in [0.25, 0.3) is 0 Å². The van der Waals surface area contributed by atoms with Crippen molar-refractivity contribution in [1.29, 1.82) is 0 Å². The monoisotopic (exact) mass is 299 g/mol. The highest BCUT2D eigenvalue weighted by Gasteiger charge is 2.41. The fourth-order valence-electron chi connectivity index (χ4n) is 1.62. The molecule has 10 nitrogen and oxygen atoms in total. The molecule has 0 saturated carbocycles. The van der Waals surface area contributed by atoms with Gasteiger partial charge >= 0.3 is 18.0 Å². The van der Waals surface area contributed by atoms with Gasteiger partial charge in [0.15, 0.2) is 12.0 Å². The van der Waals surface area contributed by atoms with Crippen molar-refractivity contribution in [3.05, 3.63) is 0 Å². The lowest BCUT2D eigenvalue weighted by atomic mass is 10.1. The summed E-state index contributed by atoms with van der Waals surface area (Å²) in [5.41, 5.74) is 0. The molecule has 0 aromatic rings. The molecule has 2 N–H and O–H groups in total. The maximum Gasteiger partial charge on any atom is 0.332 e. The van der Waals surface area contributed by atoms with Crippen LogP contribution >= 0.6 is 0 Å². The molecule has 114 valence electrons. The van der Waals surface area contributed by atoms with Gasteiger partial charge in [-0.05, 0) is 0 Å². The quantitative estimate of drug-likeness (QED) is 0.471. The average Bonchev–Trinajstić information content (AvgIpc) is 2.41. The third kappa shape index (κ3) is 3.41. The Hall–Kier alpha value is -2.78. The van der Waals surface area contributed by atoms with Gasteiger partial charge < -0.3 is 10.2 Å². The molecule has 1 rings (SSSR count). The molecule has 1 aliphatic heterocycles. The number of imide groups is 2. The zero-order valence-electron chi connectivity index (χ0n) is 11.2. The van der Waals surface area contributed by atoms with E-state index in [1.165, 1.54) is 14.1 Å². The molecule has 0 unspecified atom stereocenters. The van der Waals surface area contributed by atoms with E-state index in [0.29, 0.717) is 9.80 Å². The minimum atomic E-state index is -1.61. The topological polar surface area (TPSA) is 145 Å². The van der Waals surface area contributed by atoms with E-state index in [0.717, 1.165) is 6.21 Å². The lowest BCUT2D eigenvalue weighted by molar-refractivity contribution is -0.145. The second-order valence-corrected chi connectivity index (χ2v) is 4.30. The van der Waals surface area contributed by atoms with Crippen molar-refractivity contribution in [2.45, 2.75) is 12.5 Å². The molecule has 1 fully saturated rings. The molecule has 0 aliphatic carbocycles. The summed E-state index contributed by atoms with van der Waals surface area (Å²) in [6.45, 7) is 0. The Bertz CT molecular complexity index is 518. The summed E-state index contributed by atoms with van der Waals surface area (Å²) in [5.74, 6) is -6.04. The van der Waals surface area contributed by atoms with Crippen molar-refractivity contribution >= 4 is 36.0 Å². The molecule has 0 bridgehead atoms. The Balaban J connectivity index is 2.98. The SMILES string of the molecule is CN1C(=O)C(C=N[C@@H](CC(=O)O)C(=O)O)C(=O)N(C)C1=O. The van der Waals surface area contributed by atoms with Crippen molar-refractivity contribution in [2.75, 3.05) is 14.1 Å². The van der Waals surface area contributed by atoms with Crippen LogP contribution in [-0.2, 0) is 19.2 Å².